The zero-order chi connectivity index (χ0) is 15.5. The third kappa shape index (κ3) is 4.27. The second-order valence-corrected chi connectivity index (χ2v) is 6.24. The van der Waals surface area contributed by atoms with E-state index in [2.05, 4.69) is 4.90 Å². The van der Waals surface area contributed by atoms with E-state index in [0.29, 0.717) is 25.2 Å². The topological polar surface area (TPSA) is 64.0 Å². The van der Waals surface area contributed by atoms with Gasteiger partial charge in [0.05, 0.1) is 11.2 Å². The molecular weight excluding hydrogens is 268 g/mol. The van der Waals surface area contributed by atoms with Gasteiger partial charge >= 0.3 is 5.97 Å². The first-order valence-corrected chi connectivity index (χ1v) is 7.30. The Bertz CT molecular complexity index is 504. The van der Waals surface area contributed by atoms with Crippen LogP contribution >= 0.6 is 0 Å². The van der Waals surface area contributed by atoms with Crippen LogP contribution in [0, 0.1) is 0 Å². The lowest BCUT2D eigenvalue weighted by Crippen LogP contribution is -2.52. The maximum Gasteiger partial charge on any atom is 0.336 e. The number of likely N-dealkylation sites (N-methyl/N-ethyl adjacent to an activating group) is 1. The fourth-order valence-electron chi connectivity index (χ4n) is 3.17. The molecule has 1 aromatic carbocycles. The van der Waals surface area contributed by atoms with Crippen LogP contribution < -0.4 is 0 Å². The molecule has 0 aromatic heterocycles. The first kappa shape index (κ1) is 15.9. The summed E-state index contributed by atoms with van der Waals surface area (Å²) in [7, 11) is 3.91. The Kier molecular flexibility index (Phi) is 4.98. The molecule has 1 fully saturated rings. The average Bonchev–Trinajstić information content (AvgIpc) is 2.37. The van der Waals surface area contributed by atoms with Gasteiger partial charge < -0.3 is 15.1 Å². The third-order valence-electron chi connectivity index (χ3n) is 3.89. The van der Waals surface area contributed by atoms with E-state index in [1.807, 2.05) is 31.1 Å². The van der Waals surface area contributed by atoms with Crippen molar-refractivity contribution in [1.82, 2.24) is 9.80 Å². The molecule has 0 saturated carbocycles. The summed E-state index contributed by atoms with van der Waals surface area (Å²) >= 11 is 0. The van der Waals surface area contributed by atoms with E-state index < -0.39 is 11.6 Å². The summed E-state index contributed by atoms with van der Waals surface area (Å²) in [6, 6.07) is 7.08. The number of aliphatic hydroxyl groups is 1. The molecule has 1 aromatic rings. The van der Waals surface area contributed by atoms with E-state index in [4.69, 9.17) is 0 Å². The molecule has 1 heterocycles. The van der Waals surface area contributed by atoms with Crippen molar-refractivity contribution in [3.05, 3.63) is 35.4 Å². The predicted molar refractivity (Wildman–Crippen MR) is 81.4 cm³/mol. The van der Waals surface area contributed by atoms with E-state index >= 15 is 0 Å². The normalized spacial score (nSPS) is 23.4. The summed E-state index contributed by atoms with van der Waals surface area (Å²) in [5, 5.41) is 19.9. The molecule has 1 atom stereocenters. The maximum absolute atomic E-state index is 11.3. The Morgan fingerprint density at radius 2 is 2.10 bits per heavy atom. The van der Waals surface area contributed by atoms with Crippen LogP contribution in [-0.2, 0) is 6.54 Å². The molecule has 0 unspecified atom stereocenters. The highest BCUT2D eigenvalue weighted by atomic mass is 16.4. The molecule has 0 radical (unpaired) electrons. The molecule has 21 heavy (non-hydrogen) atoms. The average molecular weight is 292 g/mol. The van der Waals surface area contributed by atoms with Crippen LogP contribution in [0.4, 0.5) is 0 Å². The fourth-order valence-corrected chi connectivity index (χ4v) is 3.17. The predicted octanol–water partition coefficient (Wildman–Crippen LogP) is 1.27. The zero-order valence-corrected chi connectivity index (χ0v) is 12.7. The van der Waals surface area contributed by atoms with Crippen molar-refractivity contribution < 1.29 is 15.0 Å². The molecule has 116 valence electrons. The van der Waals surface area contributed by atoms with E-state index in [1.165, 1.54) is 0 Å². The summed E-state index contributed by atoms with van der Waals surface area (Å²) in [6.45, 7) is 2.67. The number of piperidine rings is 1. The number of hydrogen-bond acceptors (Lipinski definition) is 4. The second kappa shape index (κ2) is 6.56. The molecule has 2 N–H and O–H groups in total. The molecule has 0 spiro atoms. The molecule has 0 amide bonds. The largest absolute Gasteiger partial charge is 0.478 e. The number of rotatable bonds is 5. The van der Waals surface area contributed by atoms with Gasteiger partial charge in [0.1, 0.15) is 0 Å². The van der Waals surface area contributed by atoms with Crippen LogP contribution in [-0.4, -0.2) is 65.3 Å². The molecule has 0 aliphatic carbocycles. The van der Waals surface area contributed by atoms with Crippen molar-refractivity contribution in [2.75, 3.05) is 33.7 Å². The highest BCUT2D eigenvalue weighted by molar-refractivity contribution is 5.89. The molecule has 1 aliphatic heterocycles. The van der Waals surface area contributed by atoms with Gasteiger partial charge in [-0.3, -0.25) is 4.90 Å². The van der Waals surface area contributed by atoms with Crippen LogP contribution in [0.1, 0.15) is 28.8 Å². The standard InChI is InChI=1S/C16H24N2O3/c1-17(2)11-16(21)8-5-9-18(12-16)10-13-6-3-4-7-14(13)15(19)20/h3-4,6-7,21H,5,8-12H2,1-2H3,(H,19,20)/t16-/m0/s1. The van der Waals surface area contributed by atoms with Crippen LogP contribution in [0.2, 0.25) is 0 Å². The summed E-state index contributed by atoms with van der Waals surface area (Å²) in [6.07, 6.45) is 1.72. The Balaban J connectivity index is 2.08. The van der Waals surface area contributed by atoms with E-state index in [0.717, 1.165) is 24.9 Å². The Morgan fingerprint density at radius 3 is 2.76 bits per heavy atom. The number of carboxylic acids is 1. The summed E-state index contributed by atoms with van der Waals surface area (Å²) < 4.78 is 0. The number of carbonyl (C=O) groups is 1. The second-order valence-electron chi connectivity index (χ2n) is 6.24. The summed E-state index contributed by atoms with van der Waals surface area (Å²) in [5.41, 5.74) is 0.443. The third-order valence-corrected chi connectivity index (χ3v) is 3.89. The number of carboxylic acid groups (broad SMARTS) is 1. The van der Waals surface area contributed by atoms with Gasteiger partial charge in [-0.1, -0.05) is 18.2 Å². The summed E-state index contributed by atoms with van der Waals surface area (Å²) in [5.74, 6) is -0.897. The van der Waals surface area contributed by atoms with Crippen LogP contribution in [0.3, 0.4) is 0 Å². The van der Waals surface area contributed by atoms with E-state index in [-0.39, 0.29) is 0 Å². The molecule has 2 rings (SSSR count). The first-order valence-electron chi connectivity index (χ1n) is 7.30. The van der Waals surface area contributed by atoms with E-state index in [9.17, 15) is 15.0 Å². The lowest BCUT2D eigenvalue weighted by atomic mass is 9.92. The van der Waals surface area contributed by atoms with Gasteiger partial charge in [-0.15, -0.1) is 0 Å². The number of hydrogen-bond donors (Lipinski definition) is 2. The first-order chi connectivity index (χ1) is 9.89. The minimum absolute atomic E-state index is 0.347. The van der Waals surface area contributed by atoms with Crippen molar-refractivity contribution in [3.63, 3.8) is 0 Å². The van der Waals surface area contributed by atoms with Crippen molar-refractivity contribution in [2.45, 2.75) is 25.0 Å². The van der Waals surface area contributed by atoms with Crippen molar-refractivity contribution >= 4 is 5.97 Å². The Labute approximate surface area is 125 Å². The van der Waals surface area contributed by atoms with E-state index in [1.54, 1.807) is 12.1 Å². The minimum atomic E-state index is -0.897. The Morgan fingerprint density at radius 1 is 1.38 bits per heavy atom. The maximum atomic E-state index is 11.3. The van der Waals surface area contributed by atoms with Crippen molar-refractivity contribution in [1.29, 1.82) is 0 Å². The monoisotopic (exact) mass is 292 g/mol. The molecule has 5 nitrogen and oxygen atoms in total. The fraction of sp³-hybridized carbons (Fsp3) is 0.562. The van der Waals surface area contributed by atoms with Crippen LogP contribution in [0.25, 0.3) is 0 Å². The number of β-amino-alcohol motifs (C(OH)–C–C–N with tert-alkyl or cyclic N) is 1. The molecular formula is C16H24N2O3. The molecule has 0 bridgehead atoms. The summed E-state index contributed by atoms with van der Waals surface area (Å²) in [4.78, 5) is 15.4. The van der Waals surface area contributed by atoms with Gasteiger partial charge in [0.25, 0.3) is 0 Å². The van der Waals surface area contributed by atoms with Gasteiger partial charge in [-0.25, -0.2) is 4.79 Å². The van der Waals surface area contributed by atoms with Crippen LogP contribution in [0.5, 0.6) is 0 Å². The smallest absolute Gasteiger partial charge is 0.336 e. The van der Waals surface area contributed by atoms with Gasteiger partial charge in [-0.2, -0.15) is 0 Å². The number of likely N-dealkylation sites (tertiary alicyclic amines) is 1. The molecule has 1 aliphatic rings. The lowest BCUT2D eigenvalue weighted by molar-refractivity contribution is -0.0480. The lowest BCUT2D eigenvalue weighted by Gasteiger charge is -2.40. The number of aromatic carboxylic acids is 1. The zero-order valence-electron chi connectivity index (χ0n) is 12.7. The van der Waals surface area contributed by atoms with Gasteiger partial charge in [-0.05, 0) is 45.1 Å². The Hall–Kier alpha value is -1.43. The van der Waals surface area contributed by atoms with Gasteiger partial charge in [0.2, 0.25) is 0 Å². The molecule has 5 heteroatoms. The van der Waals surface area contributed by atoms with Gasteiger partial charge in [0, 0.05) is 19.6 Å². The molecule has 1 saturated heterocycles. The quantitative estimate of drug-likeness (QED) is 0.856. The van der Waals surface area contributed by atoms with Crippen molar-refractivity contribution in [3.8, 4) is 0 Å². The number of nitrogens with zero attached hydrogens (tertiary/aromatic N) is 2. The SMILES string of the molecule is CN(C)C[C@@]1(O)CCCN(Cc2ccccc2C(=O)O)C1. The van der Waals surface area contributed by atoms with Crippen molar-refractivity contribution in [2.24, 2.45) is 0 Å². The number of benzene rings is 1. The van der Waals surface area contributed by atoms with Crippen LogP contribution in [0.15, 0.2) is 24.3 Å². The van der Waals surface area contributed by atoms with Gasteiger partial charge in [0.15, 0.2) is 0 Å². The highest BCUT2D eigenvalue weighted by Crippen LogP contribution is 2.24. The minimum Gasteiger partial charge on any atom is -0.478 e. The highest BCUT2D eigenvalue weighted by Gasteiger charge is 2.33.